The van der Waals surface area contributed by atoms with E-state index in [1.54, 1.807) is 11.8 Å². The first-order chi connectivity index (χ1) is 26.0. The Morgan fingerprint density at radius 1 is 1.00 bits per heavy atom. The number of rotatable bonds is 18. The van der Waals surface area contributed by atoms with Crippen LogP contribution in [-0.2, 0) is 56.1 Å². The lowest BCUT2D eigenvalue weighted by atomic mass is 9.81. The number of aromatic nitrogens is 3. The van der Waals surface area contributed by atoms with Crippen molar-refractivity contribution in [3.8, 4) is 17.0 Å². The number of carbonyl (C=O) groups is 5. The molecule has 3 heterocycles. The maximum Gasteiger partial charge on any atom is 0.333 e. The molecule has 2 aromatic carbocycles. The summed E-state index contributed by atoms with van der Waals surface area (Å²) in [6.07, 6.45) is -0.249. The van der Waals surface area contributed by atoms with Crippen LogP contribution in [0.1, 0.15) is 58.4 Å². The van der Waals surface area contributed by atoms with Crippen LogP contribution in [0.5, 0.6) is 5.75 Å². The normalized spacial score (nSPS) is 21.8. The molecule has 2 fully saturated rings. The molecule has 6 atom stereocenters. The number of hydrogen-bond acceptors (Lipinski definition) is 13. The first kappa shape index (κ1) is 40.0. The van der Waals surface area contributed by atoms with Crippen LogP contribution in [0.4, 0.5) is 0 Å². The topological polar surface area (TPSA) is 190 Å². The number of imide groups is 1. The van der Waals surface area contributed by atoms with E-state index in [0.29, 0.717) is 36.1 Å². The predicted molar refractivity (Wildman–Crippen MR) is 192 cm³/mol. The van der Waals surface area contributed by atoms with Crippen LogP contribution in [-0.4, -0.2) is 94.5 Å². The number of esters is 1. The van der Waals surface area contributed by atoms with Crippen LogP contribution in [0, 0.1) is 11.8 Å². The number of nitrogens with one attached hydrogen (secondary N) is 2. The lowest BCUT2D eigenvalue weighted by molar-refractivity contribution is -0.246. The fourth-order valence-electron chi connectivity index (χ4n) is 6.33. The number of benzene rings is 2. The highest BCUT2D eigenvalue weighted by atomic mass is 16.7. The third-order valence-corrected chi connectivity index (χ3v) is 9.49. The van der Waals surface area contributed by atoms with Gasteiger partial charge in [-0.2, -0.15) is 0 Å². The van der Waals surface area contributed by atoms with Crippen molar-refractivity contribution in [1.82, 2.24) is 30.7 Å². The number of nitrogens with zero attached hydrogens (tertiary/aromatic N) is 4. The fourth-order valence-corrected chi connectivity index (χ4v) is 6.33. The van der Waals surface area contributed by atoms with Gasteiger partial charge in [0.2, 0.25) is 5.91 Å². The van der Waals surface area contributed by atoms with Gasteiger partial charge in [-0.05, 0) is 36.0 Å². The molecule has 2 aliphatic rings. The summed E-state index contributed by atoms with van der Waals surface area (Å²) in [7, 11) is 1.60. The number of hydroxylamine groups is 2. The Balaban J connectivity index is 1.24. The molecule has 1 aromatic heterocycles. The largest absolute Gasteiger partial charge is 0.497 e. The van der Waals surface area contributed by atoms with Crippen LogP contribution >= 0.6 is 0 Å². The van der Waals surface area contributed by atoms with E-state index >= 15 is 0 Å². The van der Waals surface area contributed by atoms with Crippen LogP contribution in [0.2, 0.25) is 0 Å². The van der Waals surface area contributed by atoms with Crippen LogP contribution in [0.15, 0.2) is 60.8 Å². The molecule has 54 heavy (non-hydrogen) atoms. The minimum absolute atomic E-state index is 0.00624. The molecule has 3 amide bonds. The lowest BCUT2D eigenvalue weighted by Gasteiger charge is -2.45. The summed E-state index contributed by atoms with van der Waals surface area (Å²) in [5, 5.41) is 15.5. The monoisotopic (exact) mass is 748 g/mol. The Kier molecular flexibility index (Phi) is 14.2. The first-order valence-electron chi connectivity index (χ1n) is 18.1. The Morgan fingerprint density at radius 2 is 1.76 bits per heavy atom. The highest BCUT2D eigenvalue weighted by Crippen LogP contribution is 2.33. The smallest absolute Gasteiger partial charge is 0.333 e. The summed E-state index contributed by atoms with van der Waals surface area (Å²) in [5.41, 5.74) is 2.58. The van der Waals surface area contributed by atoms with E-state index in [-0.39, 0.29) is 56.5 Å². The average molecular weight is 749 g/mol. The standard InChI is InChI=1S/C38H48N6O10/c1-24-25(2)37(40-33(46)14-9-15-36(49)54-44-34(47)16-17-35(44)48)38(51-23-30(52-26(3)45)20-39-19-27-10-6-5-7-11-27)53-32(24)22-43-21-31(41-42-43)28-12-8-13-29(18-28)50-4/h5-8,10-13,18,21,24-25,30,32,37-39H,9,14-17,19-20,22-23H2,1-4H3,(H,40,46). The van der Waals surface area contributed by atoms with Crippen LogP contribution < -0.4 is 15.4 Å². The third-order valence-electron chi connectivity index (χ3n) is 9.49. The van der Waals surface area contributed by atoms with Crippen molar-refractivity contribution >= 4 is 29.7 Å². The average Bonchev–Trinajstić information content (AvgIpc) is 3.76. The Hall–Kier alpha value is -5.19. The molecule has 16 heteroatoms. The maximum absolute atomic E-state index is 13.3. The molecular formula is C38H48N6O10. The van der Waals surface area contributed by atoms with Crippen molar-refractivity contribution in [3.63, 3.8) is 0 Å². The van der Waals surface area contributed by atoms with E-state index < -0.39 is 48.3 Å². The molecule has 3 aromatic rings. The lowest BCUT2D eigenvalue weighted by Crippen LogP contribution is -2.59. The van der Waals surface area contributed by atoms with Gasteiger partial charge in [0.1, 0.15) is 17.5 Å². The third kappa shape index (κ3) is 11.2. The van der Waals surface area contributed by atoms with Gasteiger partial charge in [0.05, 0.1) is 38.6 Å². The summed E-state index contributed by atoms with van der Waals surface area (Å²) in [4.78, 5) is 66.0. The Morgan fingerprint density at radius 3 is 2.48 bits per heavy atom. The second kappa shape index (κ2) is 19.2. The van der Waals surface area contributed by atoms with E-state index in [2.05, 4.69) is 20.9 Å². The van der Waals surface area contributed by atoms with E-state index in [1.165, 1.54) is 6.92 Å². The number of methoxy groups -OCH3 is 1. The van der Waals surface area contributed by atoms with Gasteiger partial charge in [0, 0.05) is 51.3 Å². The van der Waals surface area contributed by atoms with E-state index in [1.807, 2.05) is 74.6 Å². The second-order valence-corrected chi connectivity index (χ2v) is 13.5. The molecule has 16 nitrogen and oxygen atoms in total. The SMILES string of the molecule is COc1cccc(-c2cn(CC3OC(OCC(CNCc4ccccc4)OC(C)=O)C(NC(=O)CCCC(=O)ON4C(=O)CCC4=O)C(C)C3C)nn2)c1. The Labute approximate surface area is 313 Å². The molecule has 0 radical (unpaired) electrons. The number of hydrogen-bond donors (Lipinski definition) is 2. The van der Waals surface area contributed by atoms with Crippen molar-refractivity contribution in [3.05, 3.63) is 66.4 Å². The summed E-state index contributed by atoms with van der Waals surface area (Å²) < 4.78 is 25.5. The van der Waals surface area contributed by atoms with Gasteiger partial charge in [0.25, 0.3) is 11.8 Å². The molecule has 0 spiro atoms. The van der Waals surface area contributed by atoms with E-state index in [9.17, 15) is 24.0 Å². The molecular weight excluding hydrogens is 700 g/mol. The van der Waals surface area contributed by atoms with Gasteiger partial charge in [-0.15, -0.1) is 10.2 Å². The van der Waals surface area contributed by atoms with Gasteiger partial charge < -0.3 is 34.4 Å². The van der Waals surface area contributed by atoms with Crippen molar-refractivity contribution < 1.29 is 47.8 Å². The second-order valence-electron chi connectivity index (χ2n) is 13.5. The minimum Gasteiger partial charge on any atom is -0.497 e. The summed E-state index contributed by atoms with van der Waals surface area (Å²) in [5.74, 6) is -2.27. The molecule has 2 aliphatic heterocycles. The summed E-state index contributed by atoms with van der Waals surface area (Å²) in [6, 6.07) is 16.7. The molecule has 0 bridgehead atoms. The fraction of sp³-hybridized carbons (Fsp3) is 0.500. The van der Waals surface area contributed by atoms with Crippen LogP contribution in [0.3, 0.4) is 0 Å². The highest BCUT2D eigenvalue weighted by molar-refractivity contribution is 6.01. The zero-order chi connectivity index (χ0) is 38.6. The molecule has 0 saturated carbocycles. The highest BCUT2D eigenvalue weighted by Gasteiger charge is 2.43. The van der Waals surface area contributed by atoms with Gasteiger partial charge in [-0.3, -0.25) is 19.2 Å². The molecule has 5 rings (SSSR count). The maximum atomic E-state index is 13.3. The first-order valence-corrected chi connectivity index (χ1v) is 18.1. The predicted octanol–water partition coefficient (Wildman–Crippen LogP) is 2.95. The summed E-state index contributed by atoms with van der Waals surface area (Å²) in [6.45, 7) is 6.55. The Bertz CT molecular complexity index is 1740. The zero-order valence-electron chi connectivity index (χ0n) is 31.0. The molecule has 6 unspecified atom stereocenters. The van der Waals surface area contributed by atoms with Crippen molar-refractivity contribution in [2.24, 2.45) is 11.8 Å². The van der Waals surface area contributed by atoms with Gasteiger partial charge in [-0.25, -0.2) is 9.48 Å². The quantitative estimate of drug-likeness (QED) is 0.143. The van der Waals surface area contributed by atoms with E-state index in [4.69, 9.17) is 23.8 Å². The van der Waals surface area contributed by atoms with Gasteiger partial charge in [-0.1, -0.05) is 61.5 Å². The zero-order valence-corrected chi connectivity index (χ0v) is 31.0. The minimum atomic E-state index is -0.934. The van der Waals surface area contributed by atoms with Crippen LogP contribution in [0.25, 0.3) is 11.3 Å². The molecule has 290 valence electrons. The van der Waals surface area contributed by atoms with E-state index in [0.717, 1.165) is 11.1 Å². The van der Waals surface area contributed by atoms with Crippen molar-refractivity contribution in [1.29, 1.82) is 0 Å². The number of ether oxygens (including phenoxy) is 4. The number of amides is 3. The molecule has 2 saturated heterocycles. The van der Waals surface area contributed by atoms with Gasteiger partial charge >= 0.3 is 11.9 Å². The molecule has 0 aliphatic carbocycles. The van der Waals surface area contributed by atoms with Gasteiger partial charge in [0.15, 0.2) is 6.29 Å². The molecule has 2 N–H and O–H groups in total. The number of carbonyl (C=O) groups excluding carboxylic acids is 5. The van der Waals surface area contributed by atoms with Crippen molar-refractivity contribution in [2.75, 3.05) is 20.3 Å². The summed E-state index contributed by atoms with van der Waals surface area (Å²) >= 11 is 0. The van der Waals surface area contributed by atoms with Crippen molar-refractivity contribution in [2.45, 2.75) is 90.5 Å².